The van der Waals surface area contributed by atoms with Crippen molar-refractivity contribution < 1.29 is 17.6 Å². The fourth-order valence-corrected chi connectivity index (χ4v) is 4.84. The van der Waals surface area contributed by atoms with Gasteiger partial charge in [0.05, 0.1) is 24.8 Å². The normalized spacial score (nSPS) is 19.5. The summed E-state index contributed by atoms with van der Waals surface area (Å²) in [6, 6.07) is 9.47. The second-order valence-electron chi connectivity index (χ2n) is 6.04. The first-order chi connectivity index (χ1) is 12.0. The van der Waals surface area contributed by atoms with Crippen molar-refractivity contribution >= 4 is 22.1 Å². The maximum absolute atomic E-state index is 11.8. The van der Waals surface area contributed by atoms with E-state index in [4.69, 9.17) is 21.4 Å². The number of methoxy groups -OCH3 is 1. The quantitative estimate of drug-likeness (QED) is 0.677. The van der Waals surface area contributed by atoms with Crippen molar-refractivity contribution in [1.82, 2.24) is 14.7 Å². The Labute approximate surface area is 152 Å². The van der Waals surface area contributed by atoms with Gasteiger partial charge in [0.25, 0.3) is 4.84 Å². The van der Waals surface area contributed by atoms with Crippen molar-refractivity contribution in [2.45, 2.75) is 19.1 Å². The van der Waals surface area contributed by atoms with Gasteiger partial charge in [0.15, 0.2) is 9.84 Å². The fourth-order valence-electron chi connectivity index (χ4n) is 2.91. The summed E-state index contributed by atoms with van der Waals surface area (Å²) in [6.07, 6.45) is 0.614. The van der Waals surface area contributed by atoms with Crippen LogP contribution in [0, 0.1) is 4.84 Å². The van der Waals surface area contributed by atoms with E-state index < -0.39 is 9.84 Å². The molecule has 0 radical (unpaired) electrons. The molecule has 1 aromatic heterocycles. The highest BCUT2D eigenvalue weighted by atomic mass is 32.2. The molecule has 0 N–H and O–H groups in total. The van der Waals surface area contributed by atoms with Crippen LogP contribution in [0.2, 0.25) is 0 Å². The summed E-state index contributed by atoms with van der Waals surface area (Å²) in [5.74, 6) is 0.838. The lowest BCUT2D eigenvalue weighted by molar-refractivity contribution is 0.0973. The second kappa shape index (κ2) is 7.77. The highest BCUT2D eigenvalue weighted by molar-refractivity contribution is 7.91. The minimum atomic E-state index is -2.97. The maximum Gasteiger partial charge on any atom is 0.288 e. The molecular formula is C16H21N3O4S2. The van der Waals surface area contributed by atoms with Crippen LogP contribution in [0.5, 0.6) is 0 Å². The van der Waals surface area contributed by atoms with Gasteiger partial charge >= 0.3 is 0 Å². The van der Waals surface area contributed by atoms with Crippen LogP contribution in [0.15, 0.2) is 34.7 Å². The van der Waals surface area contributed by atoms with Gasteiger partial charge in [-0.15, -0.1) is 5.10 Å². The Bertz CT molecular complexity index is 861. The lowest BCUT2D eigenvalue weighted by atomic mass is 10.2. The standard InChI is InChI=1S/C16H21N3O4S2/c1-22-9-8-18(14-7-10-25(20,21)11-14)12-19-16(24)23-15(17-19)13-5-3-2-4-6-13/h2-6,14H,7-12H2,1H3/t14-/m1/s1. The molecular weight excluding hydrogens is 362 g/mol. The molecule has 0 saturated carbocycles. The van der Waals surface area contributed by atoms with Crippen LogP contribution in [0.4, 0.5) is 0 Å². The SMILES string of the molecule is COCCN(Cn1nc(-c2ccccc2)oc1=S)[C@@H]1CCS(=O)(=O)C1. The average Bonchev–Trinajstić information content (AvgIpc) is 3.14. The van der Waals surface area contributed by atoms with E-state index in [1.54, 1.807) is 11.8 Å². The molecule has 0 bridgehead atoms. The molecule has 2 aromatic rings. The Balaban J connectivity index is 1.80. The summed E-state index contributed by atoms with van der Waals surface area (Å²) in [5.41, 5.74) is 0.847. The predicted octanol–water partition coefficient (Wildman–Crippen LogP) is 1.97. The molecule has 3 rings (SSSR count). The van der Waals surface area contributed by atoms with Crippen molar-refractivity contribution in [2.75, 3.05) is 31.8 Å². The Morgan fingerprint density at radius 1 is 1.40 bits per heavy atom. The highest BCUT2D eigenvalue weighted by Crippen LogP contribution is 2.20. The maximum atomic E-state index is 11.8. The average molecular weight is 383 g/mol. The van der Waals surface area contributed by atoms with E-state index in [1.807, 2.05) is 35.2 Å². The summed E-state index contributed by atoms with van der Waals surface area (Å²) in [6.45, 7) is 1.48. The van der Waals surface area contributed by atoms with Crippen LogP contribution in [-0.4, -0.2) is 60.9 Å². The van der Waals surface area contributed by atoms with Crippen molar-refractivity contribution in [2.24, 2.45) is 0 Å². The molecule has 0 spiro atoms. The summed E-state index contributed by atoms with van der Waals surface area (Å²) in [5, 5.41) is 4.45. The molecule has 136 valence electrons. The lowest BCUT2D eigenvalue weighted by Gasteiger charge is -2.27. The van der Waals surface area contributed by atoms with E-state index in [0.717, 1.165) is 5.56 Å². The number of aromatic nitrogens is 2. The van der Waals surface area contributed by atoms with Crippen LogP contribution in [0.25, 0.3) is 11.5 Å². The third-order valence-electron chi connectivity index (χ3n) is 4.25. The second-order valence-corrected chi connectivity index (χ2v) is 8.62. The Hall–Kier alpha value is -1.55. The number of nitrogens with zero attached hydrogens (tertiary/aromatic N) is 3. The van der Waals surface area contributed by atoms with Gasteiger partial charge in [-0.1, -0.05) is 18.2 Å². The first kappa shape index (κ1) is 18.2. The van der Waals surface area contributed by atoms with Gasteiger partial charge in [0.2, 0.25) is 5.89 Å². The summed E-state index contributed by atoms with van der Waals surface area (Å²) < 4.78 is 36.0. The van der Waals surface area contributed by atoms with Crippen molar-refractivity contribution in [3.05, 3.63) is 35.2 Å². The van der Waals surface area contributed by atoms with Crippen molar-refractivity contribution in [3.63, 3.8) is 0 Å². The predicted molar refractivity (Wildman–Crippen MR) is 96.4 cm³/mol. The minimum Gasteiger partial charge on any atom is -0.409 e. The molecule has 7 nitrogen and oxygen atoms in total. The smallest absolute Gasteiger partial charge is 0.288 e. The van der Waals surface area contributed by atoms with Gasteiger partial charge < -0.3 is 9.15 Å². The first-order valence-electron chi connectivity index (χ1n) is 8.05. The van der Waals surface area contributed by atoms with Gasteiger partial charge in [-0.3, -0.25) is 4.90 Å². The molecule has 1 aliphatic rings. The molecule has 0 unspecified atom stereocenters. The Morgan fingerprint density at radius 3 is 2.80 bits per heavy atom. The zero-order chi connectivity index (χ0) is 17.9. The molecule has 0 aliphatic carbocycles. The van der Waals surface area contributed by atoms with E-state index in [9.17, 15) is 8.42 Å². The van der Waals surface area contributed by atoms with Gasteiger partial charge in [-0.05, 0) is 30.8 Å². The summed E-state index contributed by atoms with van der Waals surface area (Å²) in [4.78, 5) is 2.31. The number of ether oxygens (including phenoxy) is 1. The topological polar surface area (TPSA) is 77.6 Å². The van der Waals surface area contributed by atoms with Crippen molar-refractivity contribution in [3.8, 4) is 11.5 Å². The lowest BCUT2D eigenvalue weighted by Crippen LogP contribution is -2.40. The van der Waals surface area contributed by atoms with Crippen LogP contribution >= 0.6 is 12.2 Å². The molecule has 2 heterocycles. The van der Waals surface area contributed by atoms with Gasteiger partial charge in [0, 0.05) is 25.3 Å². The molecule has 1 aromatic carbocycles. The number of sulfone groups is 1. The summed E-state index contributed by atoms with van der Waals surface area (Å²) in [7, 11) is -1.34. The molecule has 1 fully saturated rings. The molecule has 9 heteroatoms. The minimum absolute atomic E-state index is 0.0566. The van der Waals surface area contributed by atoms with E-state index in [-0.39, 0.29) is 22.4 Å². The van der Waals surface area contributed by atoms with E-state index in [0.29, 0.717) is 32.1 Å². The third-order valence-corrected chi connectivity index (χ3v) is 6.29. The number of hydrogen-bond donors (Lipinski definition) is 0. The molecule has 25 heavy (non-hydrogen) atoms. The molecule has 1 aliphatic heterocycles. The molecule has 1 saturated heterocycles. The Kier molecular flexibility index (Phi) is 5.67. The zero-order valence-electron chi connectivity index (χ0n) is 14.0. The van der Waals surface area contributed by atoms with Gasteiger partial charge in [0.1, 0.15) is 0 Å². The largest absolute Gasteiger partial charge is 0.409 e. The summed E-state index contributed by atoms with van der Waals surface area (Å²) >= 11 is 5.28. The number of benzene rings is 1. The van der Waals surface area contributed by atoms with Crippen LogP contribution < -0.4 is 0 Å². The van der Waals surface area contributed by atoms with E-state index in [1.165, 1.54) is 0 Å². The number of rotatable bonds is 7. The monoisotopic (exact) mass is 383 g/mol. The molecule has 1 atom stereocenters. The highest BCUT2D eigenvalue weighted by Gasteiger charge is 2.32. The first-order valence-corrected chi connectivity index (χ1v) is 10.3. The fraction of sp³-hybridized carbons (Fsp3) is 0.500. The van der Waals surface area contributed by atoms with Crippen LogP contribution in [0.1, 0.15) is 6.42 Å². The zero-order valence-corrected chi connectivity index (χ0v) is 15.6. The Morgan fingerprint density at radius 2 is 2.16 bits per heavy atom. The molecule has 0 amide bonds. The van der Waals surface area contributed by atoms with Crippen LogP contribution in [-0.2, 0) is 21.2 Å². The van der Waals surface area contributed by atoms with Gasteiger partial charge in [-0.25, -0.2) is 13.1 Å². The van der Waals surface area contributed by atoms with E-state index in [2.05, 4.69) is 5.10 Å². The van der Waals surface area contributed by atoms with Crippen LogP contribution in [0.3, 0.4) is 0 Å². The van der Waals surface area contributed by atoms with E-state index >= 15 is 0 Å². The van der Waals surface area contributed by atoms with Crippen molar-refractivity contribution in [1.29, 1.82) is 0 Å². The number of hydrogen-bond acceptors (Lipinski definition) is 7. The third kappa shape index (κ3) is 4.55. The van der Waals surface area contributed by atoms with Gasteiger partial charge in [-0.2, -0.15) is 0 Å².